The van der Waals surface area contributed by atoms with E-state index in [9.17, 15) is 0 Å². The first-order chi connectivity index (χ1) is 7.82. The summed E-state index contributed by atoms with van der Waals surface area (Å²) < 4.78 is 8.08. The normalized spacial score (nSPS) is 28.7. The van der Waals surface area contributed by atoms with E-state index >= 15 is 0 Å². The fourth-order valence-electron chi connectivity index (χ4n) is 3.17. The summed E-state index contributed by atoms with van der Waals surface area (Å²) in [7, 11) is 2.01. The summed E-state index contributed by atoms with van der Waals surface area (Å²) >= 11 is 0. The van der Waals surface area contributed by atoms with Crippen LogP contribution in [0.4, 0.5) is 0 Å². The van der Waals surface area contributed by atoms with Gasteiger partial charge >= 0.3 is 0 Å². The number of nitrogens with one attached hydrogen (secondary N) is 1. The molecule has 2 heterocycles. The van der Waals surface area contributed by atoms with Crippen LogP contribution in [-0.4, -0.2) is 28.5 Å². The van der Waals surface area contributed by atoms with Gasteiger partial charge in [0.1, 0.15) is 0 Å². The van der Waals surface area contributed by atoms with E-state index in [-0.39, 0.29) is 5.60 Å². The molecule has 1 aliphatic carbocycles. The van der Waals surface area contributed by atoms with Gasteiger partial charge in [0.05, 0.1) is 23.9 Å². The minimum absolute atomic E-state index is 0.0338. The zero-order valence-electron chi connectivity index (χ0n) is 9.78. The molecule has 1 spiro atoms. The van der Waals surface area contributed by atoms with Gasteiger partial charge < -0.3 is 10.1 Å². The molecule has 0 bridgehead atoms. The molecule has 2 aliphatic rings. The zero-order valence-corrected chi connectivity index (χ0v) is 9.78. The van der Waals surface area contributed by atoms with Crippen molar-refractivity contribution >= 4 is 0 Å². The maximum Gasteiger partial charge on any atom is 0.0892 e. The molecule has 16 heavy (non-hydrogen) atoms. The predicted molar refractivity (Wildman–Crippen MR) is 61.1 cm³/mol. The summed E-state index contributed by atoms with van der Waals surface area (Å²) in [6.07, 6.45) is 6.80. The number of morpholine rings is 1. The van der Waals surface area contributed by atoms with E-state index in [2.05, 4.69) is 16.5 Å². The number of aromatic nitrogens is 2. The Bertz CT molecular complexity index is 368. The Balaban J connectivity index is 1.94. The van der Waals surface area contributed by atoms with Gasteiger partial charge in [-0.3, -0.25) is 4.68 Å². The standard InChI is InChI=1S/C12H19N3O/c1-15-10(4-7-14-15)11-12(5-2-3-6-12)16-9-8-13-11/h4,7,11,13H,2-3,5-6,8-9H2,1H3. The van der Waals surface area contributed by atoms with Crippen LogP contribution >= 0.6 is 0 Å². The molecule has 1 N–H and O–H groups in total. The maximum absolute atomic E-state index is 6.11. The lowest BCUT2D eigenvalue weighted by Crippen LogP contribution is -2.51. The first-order valence-corrected chi connectivity index (χ1v) is 6.17. The Hall–Kier alpha value is -0.870. The number of hydrogen-bond acceptors (Lipinski definition) is 3. The fourth-order valence-corrected chi connectivity index (χ4v) is 3.17. The second-order valence-electron chi connectivity index (χ2n) is 4.89. The van der Waals surface area contributed by atoms with Crippen molar-refractivity contribution in [3.63, 3.8) is 0 Å². The van der Waals surface area contributed by atoms with Crippen molar-refractivity contribution in [1.82, 2.24) is 15.1 Å². The van der Waals surface area contributed by atoms with Crippen molar-refractivity contribution in [3.05, 3.63) is 18.0 Å². The predicted octanol–water partition coefficient (Wildman–Crippen LogP) is 1.39. The molecule has 1 aromatic rings. The monoisotopic (exact) mass is 221 g/mol. The van der Waals surface area contributed by atoms with Gasteiger partial charge in [-0.05, 0) is 18.9 Å². The van der Waals surface area contributed by atoms with Crippen LogP contribution in [0.2, 0.25) is 0 Å². The Morgan fingerprint density at radius 1 is 1.50 bits per heavy atom. The van der Waals surface area contributed by atoms with E-state index in [1.165, 1.54) is 31.4 Å². The third-order valence-corrected chi connectivity index (χ3v) is 3.97. The Labute approximate surface area is 96.0 Å². The van der Waals surface area contributed by atoms with Crippen molar-refractivity contribution in [2.45, 2.75) is 37.3 Å². The van der Waals surface area contributed by atoms with Crippen LogP contribution in [-0.2, 0) is 11.8 Å². The van der Waals surface area contributed by atoms with Crippen LogP contribution in [0.5, 0.6) is 0 Å². The van der Waals surface area contributed by atoms with Crippen molar-refractivity contribution in [3.8, 4) is 0 Å². The van der Waals surface area contributed by atoms with Crippen molar-refractivity contribution in [1.29, 1.82) is 0 Å². The molecule has 88 valence electrons. The number of ether oxygens (including phenoxy) is 1. The second kappa shape index (κ2) is 3.86. The third kappa shape index (κ3) is 1.48. The lowest BCUT2D eigenvalue weighted by Gasteiger charge is -2.42. The highest BCUT2D eigenvalue weighted by molar-refractivity contribution is 5.15. The molecule has 0 radical (unpaired) electrons. The molecule has 4 nitrogen and oxygen atoms in total. The van der Waals surface area contributed by atoms with Gasteiger partial charge in [-0.25, -0.2) is 0 Å². The van der Waals surface area contributed by atoms with Gasteiger partial charge in [-0.2, -0.15) is 5.10 Å². The number of hydrogen-bond donors (Lipinski definition) is 1. The van der Waals surface area contributed by atoms with Crippen LogP contribution in [0.3, 0.4) is 0 Å². The number of nitrogens with zero attached hydrogens (tertiary/aromatic N) is 2. The lowest BCUT2D eigenvalue weighted by atomic mass is 9.88. The molecule has 4 heteroatoms. The minimum atomic E-state index is 0.0338. The maximum atomic E-state index is 6.11. The van der Waals surface area contributed by atoms with Gasteiger partial charge in [-0.15, -0.1) is 0 Å². The number of rotatable bonds is 1. The molecule has 1 atom stereocenters. The molecule has 1 saturated carbocycles. The van der Waals surface area contributed by atoms with E-state index in [0.29, 0.717) is 6.04 Å². The van der Waals surface area contributed by atoms with Crippen LogP contribution in [0.15, 0.2) is 12.3 Å². The summed E-state index contributed by atoms with van der Waals surface area (Å²) in [6.45, 7) is 1.78. The first-order valence-electron chi connectivity index (χ1n) is 6.17. The lowest BCUT2D eigenvalue weighted by molar-refractivity contribution is -0.0952. The van der Waals surface area contributed by atoms with E-state index in [1.807, 2.05) is 17.9 Å². The van der Waals surface area contributed by atoms with Crippen molar-refractivity contribution in [2.75, 3.05) is 13.2 Å². The quantitative estimate of drug-likeness (QED) is 0.779. The molecule has 2 fully saturated rings. The van der Waals surface area contributed by atoms with Crippen LogP contribution in [0, 0.1) is 0 Å². The van der Waals surface area contributed by atoms with E-state index in [1.54, 1.807) is 0 Å². The van der Waals surface area contributed by atoms with E-state index in [0.717, 1.165) is 13.2 Å². The SMILES string of the molecule is Cn1nccc1C1NCCOC12CCCC2. The van der Waals surface area contributed by atoms with E-state index < -0.39 is 0 Å². The number of aryl methyl sites for hydroxylation is 1. The van der Waals surface area contributed by atoms with Gasteiger partial charge in [0.15, 0.2) is 0 Å². The minimum Gasteiger partial charge on any atom is -0.372 e. The van der Waals surface area contributed by atoms with Gasteiger partial charge in [0.25, 0.3) is 0 Å². The Morgan fingerprint density at radius 2 is 2.31 bits per heavy atom. The third-order valence-electron chi connectivity index (χ3n) is 3.97. The van der Waals surface area contributed by atoms with Crippen LogP contribution in [0.1, 0.15) is 37.4 Å². The smallest absolute Gasteiger partial charge is 0.0892 e. The largest absolute Gasteiger partial charge is 0.372 e. The Morgan fingerprint density at radius 3 is 3.00 bits per heavy atom. The summed E-state index contributed by atoms with van der Waals surface area (Å²) in [5.41, 5.74) is 1.29. The Kier molecular flexibility index (Phi) is 2.48. The highest BCUT2D eigenvalue weighted by Gasteiger charge is 2.45. The fraction of sp³-hybridized carbons (Fsp3) is 0.750. The second-order valence-corrected chi connectivity index (χ2v) is 4.89. The molecule has 0 aromatic carbocycles. The summed E-state index contributed by atoms with van der Waals surface area (Å²) in [4.78, 5) is 0. The highest BCUT2D eigenvalue weighted by Crippen LogP contribution is 2.44. The molecule has 1 unspecified atom stereocenters. The molecule has 1 saturated heterocycles. The van der Waals surface area contributed by atoms with Gasteiger partial charge in [0.2, 0.25) is 0 Å². The molecule has 0 amide bonds. The van der Waals surface area contributed by atoms with Gasteiger partial charge in [-0.1, -0.05) is 12.8 Å². The average molecular weight is 221 g/mol. The molecule has 1 aromatic heterocycles. The highest BCUT2D eigenvalue weighted by atomic mass is 16.5. The van der Waals surface area contributed by atoms with Crippen LogP contribution in [0.25, 0.3) is 0 Å². The summed E-state index contributed by atoms with van der Waals surface area (Å²) in [6, 6.07) is 2.42. The van der Waals surface area contributed by atoms with Gasteiger partial charge in [0, 0.05) is 19.8 Å². The first kappa shape index (κ1) is 10.3. The summed E-state index contributed by atoms with van der Waals surface area (Å²) in [5, 5.41) is 7.88. The topological polar surface area (TPSA) is 39.1 Å². The van der Waals surface area contributed by atoms with Crippen molar-refractivity contribution in [2.24, 2.45) is 7.05 Å². The molecular weight excluding hydrogens is 202 g/mol. The molecule has 1 aliphatic heterocycles. The summed E-state index contributed by atoms with van der Waals surface area (Å²) in [5.74, 6) is 0. The average Bonchev–Trinajstić information content (AvgIpc) is 2.90. The molecular formula is C12H19N3O. The van der Waals surface area contributed by atoms with Crippen LogP contribution < -0.4 is 5.32 Å². The van der Waals surface area contributed by atoms with E-state index in [4.69, 9.17) is 4.74 Å². The molecule has 3 rings (SSSR count). The zero-order chi connectivity index (χ0) is 11.0. The van der Waals surface area contributed by atoms with Crippen molar-refractivity contribution < 1.29 is 4.74 Å².